The van der Waals surface area contributed by atoms with Gasteiger partial charge in [0.2, 0.25) is 5.91 Å². The third-order valence-corrected chi connectivity index (χ3v) is 2.61. The molecule has 0 radical (unpaired) electrons. The summed E-state index contributed by atoms with van der Waals surface area (Å²) in [7, 11) is 0. The molecule has 0 spiro atoms. The number of rotatable bonds is 4. The monoisotopic (exact) mass is 243 g/mol. The fourth-order valence-electron chi connectivity index (χ4n) is 1.57. The van der Waals surface area contributed by atoms with Gasteiger partial charge in [-0.3, -0.25) is 9.48 Å². The lowest BCUT2D eigenvalue weighted by molar-refractivity contribution is -0.118. The Balaban J connectivity index is 2.00. The molecule has 0 bridgehead atoms. The van der Waals surface area contributed by atoms with Crippen LogP contribution < -0.4 is 5.32 Å². The van der Waals surface area contributed by atoms with Gasteiger partial charge in [-0.15, -0.1) is 0 Å². The van der Waals surface area contributed by atoms with E-state index in [9.17, 15) is 4.79 Å². The van der Waals surface area contributed by atoms with E-state index in [1.54, 1.807) is 6.20 Å². The van der Waals surface area contributed by atoms with Crippen LogP contribution in [0, 0.1) is 5.92 Å². The third kappa shape index (κ3) is 3.20. The standard InChI is InChI=1S/C14H17N3O/c1-11(2)14(18)16-13-8-15-17(10-13)9-12-6-4-3-5-7-12/h3-8,10-11H,9H2,1-2H3,(H,16,18). The topological polar surface area (TPSA) is 46.9 Å². The zero-order chi connectivity index (χ0) is 13.0. The molecule has 94 valence electrons. The minimum absolute atomic E-state index is 0.00858. The van der Waals surface area contributed by atoms with Crippen LogP contribution in [-0.4, -0.2) is 15.7 Å². The maximum atomic E-state index is 11.5. The van der Waals surface area contributed by atoms with E-state index in [1.807, 2.05) is 55.1 Å². The number of carbonyl (C=O) groups is 1. The summed E-state index contributed by atoms with van der Waals surface area (Å²) in [6, 6.07) is 10.1. The molecule has 0 atom stereocenters. The molecule has 0 fully saturated rings. The second kappa shape index (κ2) is 5.49. The maximum absolute atomic E-state index is 11.5. The van der Waals surface area contributed by atoms with E-state index in [2.05, 4.69) is 10.4 Å². The van der Waals surface area contributed by atoms with Crippen molar-refractivity contribution in [2.24, 2.45) is 5.92 Å². The molecule has 0 aliphatic heterocycles. The van der Waals surface area contributed by atoms with E-state index in [4.69, 9.17) is 0 Å². The summed E-state index contributed by atoms with van der Waals surface area (Å²) in [5.41, 5.74) is 1.92. The highest BCUT2D eigenvalue weighted by atomic mass is 16.1. The molecule has 0 saturated heterocycles. The van der Waals surface area contributed by atoms with E-state index >= 15 is 0 Å². The Morgan fingerprint density at radius 1 is 1.33 bits per heavy atom. The van der Waals surface area contributed by atoms with Crippen LogP contribution in [0.15, 0.2) is 42.7 Å². The lowest BCUT2D eigenvalue weighted by Gasteiger charge is -2.04. The average molecular weight is 243 g/mol. The van der Waals surface area contributed by atoms with E-state index in [0.717, 1.165) is 5.69 Å². The summed E-state index contributed by atoms with van der Waals surface area (Å²) in [4.78, 5) is 11.5. The molecule has 18 heavy (non-hydrogen) atoms. The number of aromatic nitrogens is 2. The van der Waals surface area contributed by atoms with Crippen molar-refractivity contribution in [3.8, 4) is 0 Å². The Bertz CT molecular complexity index is 517. The Hall–Kier alpha value is -2.10. The largest absolute Gasteiger partial charge is 0.323 e. The molecule has 0 unspecified atom stereocenters. The molecule has 1 heterocycles. The van der Waals surface area contributed by atoms with Gasteiger partial charge in [0.15, 0.2) is 0 Å². The lowest BCUT2D eigenvalue weighted by atomic mass is 10.2. The van der Waals surface area contributed by atoms with Crippen molar-refractivity contribution in [3.05, 3.63) is 48.3 Å². The van der Waals surface area contributed by atoms with Crippen molar-refractivity contribution in [2.75, 3.05) is 5.32 Å². The quantitative estimate of drug-likeness (QED) is 0.897. The highest BCUT2D eigenvalue weighted by Gasteiger charge is 2.08. The van der Waals surface area contributed by atoms with Gasteiger partial charge in [-0.25, -0.2) is 0 Å². The van der Waals surface area contributed by atoms with E-state index in [1.165, 1.54) is 5.56 Å². The summed E-state index contributed by atoms with van der Waals surface area (Å²) in [5, 5.41) is 7.05. The summed E-state index contributed by atoms with van der Waals surface area (Å²) in [6.45, 7) is 4.44. The minimum Gasteiger partial charge on any atom is -0.323 e. The first-order valence-corrected chi connectivity index (χ1v) is 6.02. The maximum Gasteiger partial charge on any atom is 0.227 e. The Morgan fingerprint density at radius 2 is 2.06 bits per heavy atom. The SMILES string of the molecule is CC(C)C(=O)Nc1cnn(Cc2ccccc2)c1. The first kappa shape index (κ1) is 12.4. The van der Waals surface area contributed by atoms with Crippen LogP contribution in [0.1, 0.15) is 19.4 Å². The van der Waals surface area contributed by atoms with Gasteiger partial charge in [-0.2, -0.15) is 5.10 Å². The number of nitrogens with one attached hydrogen (secondary N) is 1. The predicted octanol–water partition coefficient (Wildman–Crippen LogP) is 2.53. The Labute approximate surface area is 107 Å². The second-order valence-electron chi connectivity index (χ2n) is 4.56. The molecular weight excluding hydrogens is 226 g/mol. The first-order valence-electron chi connectivity index (χ1n) is 6.02. The van der Waals surface area contributed by atoms with Gasteiger partial charge in [0.05, 0.1) is 18.4 Å². The van der Waals surface area contributed by atoms with Crippen molar-refractivity contribution in [2.45, 2.75) is 20.4 Å². The van der Waals surface area contributed by atoms with Crippen LogP contribution in [0.4, 0.5) is 5.69 Å². The van der Waals surface area contributed by atoms with Crippen LogP contribution in [0.25, 0.3) is 0 Å². The summed E-state index contributed by atoms with van der Waals surface area (Å²) in [6.07, 6.45) is 3.51. The molecule has 4 heteroatoms. The van der Waals surface area contributed by atoms with Gasteiger partial charge >= 0.3 is 0 Å². The smallest absolute Gasteiger partial charge is 0.227 e. The number of hydrogen-bond donors (Lipinski definition) is 1. The highest BCUT2D eigenvalue weighted by molar-refractivity contribution is 5.91. The highest BCUT2D eigenvalue weighted by Crippen LogP contribution is 2.09. The van der Waals surface area contributed by atoms with Gasteiger partial charge in [0.25, 0.3) is 0 Å². The summed E-state index contributed by atoms with van der Waals surface area (Å²) >= 11 is 0. The van der Waals surface area contributed by atoms with Crippen molar-refractivity contribution in [1.29, 1.82) is 0 Å². The molecular formula is C14H17N3O. The van der Waals surface area contributed by atoms with E-state index in [0.29, 0.717) is 6.54 Å². The number of carbonyl (C=O) groups excluding carboxylic acids is 1. The Morgan fingerprint density at radius 3 is 2.72 bits per heavy atom. The predicted molar refractivity (Wildman–Crippen MR) is 71.2 cm³/mol. The molecule has 1 aromatic heterocycles. The molecule has 1 N–H and O–H groups in total. The number of amides is 1. The van der Waals surface area contributed by atoms with Crippen LogP contribution in [0.3, 0.4) is 0 Å². The van der Waals surface area contributed by atoms with Gasteiger partial charge in [0, 0.05) is 12.1 Å². The van der Waals surface area contributed by atoms with Gasteiger partial charge in [-0.1, -0.05) is 44.2 Å². The van der Waals surface area contributed by atoms with Gasteiger partial charge in [-0.05, 0) is 5.56 Å². The van der Waals surface area contributed by atoms with Crippen molar-refractivity contribution >= 4 is 11.6 Å². The zero-order valence-electron chi connectivity index (χ0n) is 10.6. The van der Waals surface area contributed by atoms with Crippen molar-refractivity contribution in [3.63, 3.8) is 0 Å². The van der Waals surface area contributed by atoms with Crippen LogP contribution >= 0.6 is 0 Å². The number of anilines is 1. The molecule has 1 amide bonds. The second-order valence-corrected chi connectivity index (χ2v) is 4.56. The Kier molecular flexibility index (Phi) is 3.77. The van der Waals surface area contributed by atoms with Gasteiger partial charge < -0.3 is 5.32 Å². The molecule has 0 saturated carbocycles. The van der Waals surface area contributed by atoms with Crippen LogP contribution in [0.2, 0.25) is 0 Å². The first-order chi connectivity index (χ1) is 8.65. The van der Waals surface area contributed by atoms with Crippen molar-refractivity contribution in [1.82, 2.24) is 9.78 Å². The summed E-state index contributed by atoms with van der Waals surface area (Å²) < 4.78 is 1.81. The molecule has 0 aliphatic rings. The average Bonchev–Trinajstić information content (AvgIpc) is 2.77. The fraction of sp³-hybridized carbons (Fsp3) is 0.286. The van der Waals surface area contributed by atoms with Crippen LogP contribution in [0.5, 0.6) is 0 Å². The number of hydrogen-bond acceptors (Lipinski definition) is 2. The molecule has 4 nitrogen and oxygen atoms in total. The molecule has 0 aliphatic carbocycles. The zero-order valence-corrected chi connectivity index (χ0v) is 10.6. The fourth-order valence-corrected chi connectivity index (χ4v) is 1.57. The van der Waals surface area contributed by atoms with Crippen LogP contribution in [-0.2, 0) is 11.3 Å². The molecule has 1 aromatic carbocycles. The normalized spacial score (nSPS) is 10.6. The van der Waals surface area contributed by atoms with Gasteiger partial charge in [0.1, 0.15) is 0 Å². The summed E-state index contributed by atoms with van der Waals surface area (Å²) in [5.74, 6) is -0.0169. The van der Waals surface area contributed by atoms with E-state index in [-0.39, 0.29) is 11.8 Å². The lowest BCUT2D eigenvalue weighted by Crippen LogP contribution is -2.17. The third-order valence-electron chi connectivity index (χ3n) is 2.61. The van der Waals surface area contributed by atoms with E-state index < -0.39 is 0 Å². The molecule has 2 rings (SSSR count). The number of benzene rings is 1. The molecule has 2 aromatic rings. The minimum atomic E-state index is -0.0255. The van der Waals surface area contributed by atoms with Crippen molar-refractivity contribution < 1.29 is 4.79 Å². The number of nitrogens with zero attached hydrogens (tertiary/aromatic N) is 2.